The van der Waals surface area contributed by atoms with Crippen molar-refractivity contribution in [2.75, 3.05) is 17.2 Å². The molecule has 0 atom stereocenters. The Morgan fingerprint density at radius 1 is 1.05 bits per heavy atom. The van der Waals surface area contributed by atoms with E-state index in [1.807, 2.05) is 36.4 Å². The zero-order valence-corrected chi connectivity index (χ0v) is 12.1. The third-order valence-corrected chi connectivity index (χ3v) is 3.67. The second-order valence-corrected chi connectivity index (χ2v) is 5.22. The third kappa shape index (κ3) is 2.44. The van der Waals surface area contributed by atoms with Crippen LogP contribution in [-0.2, 0) is 10.4 Å². The molecule has 1 heterocycles. The van der Waals surface area contributed by atoms with Gasteiger partial charge in [0.25, 0.3) is 0 Å². The Morgan fingerprint density at radius 3 is 2.14 bits per heavy atom. The molecule has 3 rings (SSSR count). The number of esters is 1. The van der Waals surface area contributed by atoms with Gasteiger partial charge >= 0.3 is 5.97 Å². The van der Waals surface area contributed by atoms with E-state index in [0.29, 0.717) is 12.2 Å². The van der Waals surface area contributed by atoms with Crippen LogP contribution in [0.25, 0.3) is 0 Å². The molecule has 2 N–H and O–H groups in total. The zero-order valence-electron chi connectivity index (χ0n) is 12.1. The fourth-order valence-electron chi connectivity index (χ4n) is 2.57. The highest BCUT2D eigenvalue weighted by Crippen LogP contribution is 2.38. The van der Waals surface area contributed by atoms with Crippen LogP contribution < -0.4 is 10.6 Å². The average Bonchev–Trinajstić information content (AvgIpc) is 2.85. The zero-order chi connectivity index (χ0) is 14.9. The van der Waals surface area contributed by atoms with Crippen LogP contribution in [0, 0.1) is 0 Å². The lowest BCUT2D eigenvalue weighted by atomic mass is 10.0. The monoisotopic (exact) mass is 282 g/mol. The molecule has 21 heavy (non-hydrogen) atoms. The molecular formula is C17H18N2O2. The number of anilines is 2. The van der Waals surface area contributed by atoms with Crippen molar-refractivity contribution in [1.29, 1.82) is 0 Å². The van der Waals surface area contributed by atoms with Gasteiger partial charge in [0.15, 0.2) is 0 Å². The molecule has 1 aliphatic rings. The first-order chi connectivity index (χ1) is 10.1. The number of benzene rings is 2. The largest absolute Gasteiger partial charge is 0.462 e. The van der Waals surface area contributed by atoms with Gasteiger partial charge < -0.3 is 15.4 Å². The normalized spacial score (nSPS) is 14.8. The van der Waals surface area contributed by atoms with Crippen molar-refractivity contribution in [3.63, 3.8) is 0 Å². The van der Waals surface area contributed by atoms with Gasteiger partial charge in [0.05, 0.1) is 23.5 Å². The van der Waals surface area contributed by atoms with Gasteiger partial charge in [-0.25, -0.2) is 4.79 Å². The van der Waals surface area contributed by atoms with E-state index in [9.17, 15) is 4.79 Å². The van der Waals surface area contributed by atoms with Crippen LogP contribution in [0.4, 0.5) is 11.4 Å². The fraction of sp³-hybridized carbons (Fsp3) is 0.235. The summed E-state index contributed by atoms with van der Waals surface area (Å²) in [4.78, 5) is 11.7. The maximum absolute atomic E-state index is 11.7. The second-order valence-electron chi connectivity index (χ2n) is 5.22. The van der Waals surface area contributed by atoms with Gasteiger partial charge in [0.2, 0.25) is 0 Å². The average molecular weight is 282 g/mol. The summed E-state index contributed by atoms with van der Waals surface area (Å²) in [7, 11) is 0. The summed E-state index contributed by atoms with van der Waals surface area (Å²) in [6.45, 7) is 4.26. The number of hydrogen-bond donors (Lipinski definition) is 2. The van der Waals surface area contributed by atoms with Gasteiger partial charge in [-0.15, -0.1) is 0 Å². The van der Waals surface area contributed by atoms with Crippen LogP contribution >= 0.6 is 0 Å². The number of hydrogen-bond acceptors (Lipinski definition) is 4. The summed E-state index contributed by atoms with van der Waals surface area (Å²) in [5.41, 5.74) is 3.41. The number of rotatable bonds is 3. The second kappa shape index (κ2) is 5.13. The van der Waals surface area contributed by atoms with Gasteiger partial charge in [-0.05, 0) is 43.7 Å². The maximum Gasteiger partial charge on any atom is 0.338 e. The number of para-hydroxylation sites is 2. The van der Waals surface area contributed by atoms with E-state index in [1.165, 1.54) is 0 Å². The van der Waals surface area contributed by atoms with Crippen molar-refractivity contribution in [2.45, 2.75) is 19.5 Å². The van der Waals surface area contributed by atoms with Crippen molar-refractivity contribution in [3.8, 4) is 0 Å². The van der Waals surface area contributed by atoms with Gasteiger partial charge in [-0.1, -0.05) is 24.3 Å². The molecule has 0 unspecified atom stereocenters. The lowest BCUT2D eigenvalue weighted by Gasteiger charge is -2.27. The summed E-state index contributed by atoms with van der Waals surface area (Å²) in [6, 6.07) is 15.6. The summed E-state index contributed by atoms with van der Waals surface area (Å²) in [6.07, 6.45) is 0. The minimum atomic E-state index is -0.378. The topological polar surface area (TPSA) is 50.4 Å². The van der Waals surface area contributed by atoms with Crippen LogP contribution in [-0.4, -0.2) is 12.6 Å². The molecule has 0 aliphatic carbocycles. The first-order valence-corrected chi connectivity index (χ1v) is 7.05. The highest BCUT2D eigenvalue weighted by molar-refractivity contribution is 5.89. The molecule has 0 spiro atoms. The number of carbonyl (C=O) groups is 1. The molecule has 108 valence electrons. The molecule has 2 aromatic rings. The standard InChI is InChI=1S/C17H18N2O2/c1-3-21-16(20)12-8-10-13(11-9-12)17(2)18-14-6-4-5-7-15(14)19-17/h4-11,18-19H,3H2,1-2H3. The van der Waals surface area contributed by atoms with Crippen molar-refractivity contribution >= 4 is 17.3 Å². The van der Waals surface area contributed by atoms with Crippen molar-refractivity contribution in [2.24, 2.45) is 0 Å². The van der Waals surface area contributed by atoms with Crippen LogP contribution in [0.5, 0.6) is 0 Å². The molecule has 0 saturated heterocycles. The van der Waals surface area contributed by atoms with E-state index in [1.54, 1.807) is 19.1 Å². The van der Waals surface area contributed by atoms with Crippen molar-refractivity contribution < 1.29 is 9.53 Å². The highest BCUT2D eigenvalue weighted by atomic mass is 16.5. The smallest absolute Gasteiger partial charge is 0.338 e. The van der Waals surface area contributed by atoms with E-state index in [-0.39, 0.29) is 11.6 Å². The molecule has 0 radical (unpaired) electrons. The Morgan fingerprint density at radius 2 is 1.62 bits per heavy atom. The Bertz CT molecular complexity index is 640. The molecule has 1 aliphatic heterocycles. The van der Waals surface area contributed by atoms with Gasteiger partial charge in [0.1, 0.15) is 5.66 Å². The van der Waals surface area contributed by atoms with Crippen LogP contribution in [0.2, 0.25) is 0 Å². The van der Waals surface area contributed by atoms with Gasteiger partial charge in [-0.3, -0.25) is 0 Å². The van der Waals surface area contributed by atoms with Crippen molar-refractivity contribution in [1.82, 2.24) is 0 Å². The summed E-state index contributed by atoms with van der Waals surface area (Å²) < 4.78 is 5.00. The molecule has 2 aromatic carbocycles. The number of ether oxygens (including phenoxy) is 1. The summed E-state index contributed by atoms with van der Waals surface area (Å²) >= 11 is 0. The first-order valence-electron chi connectivity index (χ1n) is 7.05. The van der Waals surface area contributed by atoms with Crippen LogP contribution in [0.1, 0.15) is 29.8 Å². The lowest BCUT2D eigenvalue weighted by Crippen LogP contribution is -2.35. The SMILES string of the molecule is CCOC(=O)c1ccc(C2(C)Nc3ccccc3N2)cc1. The summed E-state index contributed by atoms with van der Waals surface area (Å²) in [5, 5.41) is 6.95. The Kier molecular flexibility index (Phi) is 3.29. The molecule has 0 fully saturated rings. The van der Waals surface area contributed by atoms with Crippen LogP contribution in [0.15, 0.2) is 48.5 Å². The lowest BCUT2D eigenvalue weighted by molar-refractivity contribution is 0.0526. The maximum atomic E-state index is 11.7. The molecule has 4 nitrogen and oxygen atoms in total. The fourth-order valence-corrected chi connectivity index (χ4v) is 2.57. The van der Waals surface area contributed by atoms with E-state index < -0.39 is 0 Å². The number of carbonyl (C=O) groups excluding carboxylic acids is 1. The Balaban J connectivity index is 1.84. The quantitative estimate of drug-likeness (QED) is 0.845. The highest BCUT2D eigenvalue weighted by Gasteiger charge is 2.32. The van der Waals surface area contributed by atoms with Gasteiger partial charge in [-0.2, -0.15) is 0 Å². The van der Waals surface area contributed by atoms with Crippen molar-refractivity contribution in [3.05, 3.63) is 59.7 Å². The molecule has 0 saturated carbocycles. The molecular weight excluding hydrogens is 264 g/mol. The first kappa shape index (κ1) is 13.5. The Labute approximate surface area is 124 Å². The molecule has 0 amide bonds. The van der Waals surface area contributed by atoms with Crippen LogP contribution in [0.3, 0.4) is 0 Å². The predicted molar refractivity (Wildman–Crippen MR) is 83.4 cm³/mol. The molecule has 0 bridgehead atoms. The molecule has 4 heteroatoms. The third-order valence-electron chi connectivity index (χ3n) is 3.67. The minimum Gasteiger partial charge on any atom is -0.462 e. The van der Waals surface area contributed by atoms with E-state index in [0.717, 1.165) is 16.9 Å². The predicted octanol–water partition coefficient (Wildman–Crippen LogP) is 3.57. The Hall–Kier alpha value is -2.49. The number of fused-ring (bicyclic) bond motifs is 1. The van der Waals surface area contributed by atoms with E-state index in [2.05, 4.69) is 17.6 Å². The van der Waals surface area contributed by atoms with E-state index in [4.69, 9.17) is 4.74 Å². The number of nitrogens with one attached hydrogen (secondary N) is 2. The van der Waals surface area contributed by atoms with Gasteiger partial charge in [0, 0.05) is 0 Å². The minimum absolute atomic E-state index is 0.287. The summed E-state index contributed by atoms with van der Waals surface area (Å²) in [5.74, 6) is -0.287. The van der Waals surface area contributed by atoms with E-state index >= 15 is 0 Å². The molecule has 0 aromatic heterocycles.